The van der Waals surface area contributed by atoms with Crippen LogP contribution in [0.15, 0.2) is 48.7 Å². The average Bonchev–Trinajstić information content (AvgIpc) is 3.47. The number of piperidine rings is 1. The summed E-state index contributed by atoms with van der Waals surface area (Å²) in [6.45, 7) is 3.56. The quantitative estimate of drug-likeness (QED) is 0.560. The molecule has 4 rings (SSSR count). The standard InChI is InChI=1S/C22H28N6OS/c1-26(18-10-4-2-5-11-18)14-9-13-23-20(29)19-12-8-17-28(19)22-25-24-21(30-22)27-15-6-3-7-16-27/h2,4-5,8,10-12,17H,3,6-7,9,13-16H2,1H3,(H,23,29). The van der Waals surface area contributed by atoms with Gasteiger partial charge in [-0.05, 0) is 49.9 Å². The lowest BCUT2D eigenvalue weighted by Gasteiger charge is -2.25. The number of para-hydroxylation sites is 1. The first-order valence-electron chi connectivity index (χ1n) is 10.5. The lowest BCUT2D eigenvalue weighted by molar-refractivity contribution is 0.0946. The van der Waals surface area contributed by atoms with Crippen LogP contribution in [0.25, 0.3) is 5.13 Å². The van der Waals surface area contributed by atoms with Gasteiger partial charge in [-0.2, -0.15) is 0 Å². The van der Waals surface area contributed by atoms with Crippen molar-refractivity contribution in [2.75, 3.05) is 43.0 Å². The Bertz CT molecular complexity index is 947. The van der Waals surface area contributed by atoms with Crippen molar-refractivity contribution in [3.05, 3.63) is 54.4 Å². The Hall–Kier alpha value is -2.87. The van der Waals surface area contributed by atoms with Crippen LogP contribution in [0.1, 0.15) is 36.2 Å². The number of aromatic nitrogens is 3. The van der Waals surface area contributed by atoms with E-state index < -0.39 is 0 Å². The van der Waals surface area contributed by atoms with E-state index >= 15 is 0 Å². The molecule has 0 aliphatic carbocycles. The van der Waals surface area contributed by atoms with Crippen LogP contribution < -0.4 is 15.1 Å². The van der Waals surface area contributed by atoms with E-state index in [2.05, 4.69) is 44.5 Å². The number of carbonyl (C=O) groups excluding carboxylic acids is 1. The van der Waals surface area contributed by atoms with Crippen molar-refractivity contribution in [3.63, 3.8) is 0 Å². The molecule has 0 saturated carbocycles. The molecular formula is C22H28N6OS. The SMILES string of the molecule is CN(CCCNC(=O)c1cccn1-c1nnc(N2CCCCC2)s1)c1ccccc1. The van der Waals surface area contributed by atoms with Gasteiger partial charge in [0.1, 0.15) is 5.69 Å². The highest BCUT2D eigenvalue weighted by Gasteiger charge is 2.18. The average molecular weight is 425 g/mol. The third-order valence-electron chi connectivity index (χ3n) is 5.37. The van der Waals surface area contributed by atoms with Crippen LogP contribution in [0.2, 0.25) is 0 Å². The minimum atomic E-state index is -0.0860. The lowest BCUT2D eigenvalue weighted by Crippen LogP contribution is -2.29. The number of amides is 1. The van der Waals surface area contributed by atoms with E-state index in [1.54, 1.807) is 0 Å². The molecule has 0 radical (unpaired) electrons. The molecule has 1 aromatic carbocycles. The molecule has 1 saturated heterocycles. The van der Waals surface area contributed by atoms with Gasteiger partial charge in [-0.3, -0.25) is 9.36 Å². The molecule has 30 heavy (non-hydrogen) atoms. The largest absolute Gasteiger partial charge is 0.375 e. The fraction of sp³-hybridized carbons (Fsp3) is 0.409. The second-order valence-electron chi connectivity index (χ2n) is 7.54. The molecule has 0 bridgehead atoms. The van der Waals surface area contributed by atoms with Crippen molar-refractivity contribution in [1.29, 1.82) is 0 Å². The Morgan fingerprint density at radius 3 is 2.63 bits per heavy atom. The van der Waals surface area contributed by atoms with Crippen molar-refractivity contribution in [2.45, 2.75) is 25.7 Å². The van der Waals surface area contributed by atoms with Gasteiger partial charge >= 0.3 is 0 Å². The number of nitrogens with zero attached hydrogens (tertiary/aromatic N) is 5. The predicted molar refractivity (Wildman–Crippen MR) is 122 cm³/mol. The Balaban J connectivity index is 1.31. The number of hydrogen-bond donors (Lipinski definition) is 1. The highest BCUT2D eigenvalue weighted by molar-refractivity contribution is 7.17. The molecule has 2 aromatic heterocycles. The highest BCUT2D eigenvalue weighted by Crippen LogP contribution is 2.26. The number of carbonyl (C=O) groups is 1. The Morgan fingerprint density at radius 2 is 1.83 bits per heavy atom. The molecule has 7 nitrogen and oxygen atoms in total. The summed E-state index contributed by atoms with van der Waals surface area (Å²) in [5.74, 6) is -0.0860. The fourth-order valence-corrected chi connectivity index (χ4v) is 4.57. The zero-order valence-corrected chi connectivity index (χ0v) is 18.1. The van der Waals surface area contributed by atoms with Gasteiger partial charge in [0.05, 0.1) is 0 Å². The van der Waals surface area contributed by atoms with Crippen LogP contribution in [0.4, 0.5) is 10.8 Å². The number of rotatable bonds is 8. The molecule has 1 aliphatic rings. The summed E-state index contributed by atoms with van der Waals surface area (Å²) in [5, 5.41) is 13.4. The summed E-state index contributed by atoms with van der Waals surface area (Å²) in [7, 11) is 2.07. The first-order valence-corrected chi connectivity index (χ1v) is 11.3. The van der Waals surface area contributed by atoms with Crippen LogP contribution >= 0.6 is 11.3 Å². The lowest BCUT2D eigenvalue weighted by atomic mass is 10.1. The van der Waals surface area contributed by atoms with E-state index in [1.165, 1.54) is 36.3 Å². The van der Waals surface area contributed by atoms with Crippen LogP contribution in [0, 0.1) is 0 Å². The number of nitrogens with one attached hydrogen (secondary N) is 1. The van der Waals surface area contributed by atoms with Crippen LogP contribution in [0.3, 0.4) is 0 Å². The number of benzene rings is 1. The molecule has 1 fully saturated rings. The van der Waals surface area contributed by atoms with Crippen molar-refractivity contribution in [1.82, 2.24) is 20.1 Å². The smallest absolute Gasteiger partial charge is 0.268 e. The van der Waals surface area contributed by atoms with Gasteiger partial charge in [0.25, 0.3) is 5.91 Å². The van der Waals surface area contributed by atoms with Gasteiger partial charge < -0.3 is 15.1 Å². The molecule has 3 aromatic rings. The Labute approximate surface area is 181 Å². The maximum Gasteiger partial charge on any atom is 0.268 e. The van der Waals surface area contributed by atoms with E-state index in [0.717, 1.165) is 36.3 Å². The summed E-state index contributed by atoms with van der Waals surface area (Å²) in [6.07, 6.45) is 6.43. The van der Waals surface area contributed by atoms with Crippen molar-refractivity contribution in [2.24, 2.45) is 0 Å². The normalized spacial score (nSPS) is 14.0. The molecular weight excluding hydrogens is 396 g/mol. The first-order chi connectivity index (χ1) is 14.7. The second-order valence-corrected chi connectivity index (χ2v) is 8.48. The molecule has 158 valence electrons. The molecule has 1 amide bonds. The van der Waals surface area contributed by atoms with E-state index in [9.17, 15) is 4.79 Å². The Kier molecular flexibility index (Phi) is 6.63. The number of hydrogen-bond acceptors (Lipinski definition) is 6. The third kappa shape index (κ3) is 4.81. The maximum atomic E-state index is 12.7. The molecule has 1 aliphatic heterocycles. The summed E-state index contributed by atoms with van der Waals surface area (Å²) in [4.78, 5) is 17.2. The van der Waals surface area contributed by atoms with Gasteiger partial charge in [0, 0.05) is 45.1 Å². The zero-order valence-electron chi connectivity index (χ0n) is 17.3. The van der Waals surface area contributed by atoms with Gasteiger partial charge in [0.2, 0.25) is 10.3 Å². The topological polar surface area (TPSA) is 66.3 Å². The highest BCUT2D eigenvalue weighted by atomic mass is 32.1. The number of anilines is 2. The second kappa shape index (κ2) is 9.75. The van der Waals surface area contributed by atoms with Crippen LogP contribution in [-0.2, 0) is 0 Å². The third-order valence-corrected chi connectivity index (χ3v) is 6.35. The van der Waals surface area contributed by atoms with Crippen molar-refractivity contribution >= 4 is 28.1 Å². The van der Waals surface area contributed by atoms with E-state index in [-0.39, 0.29) is 5.91 Å². The summed E-state index contributed by atoms with van der Waals surface area (Å²) in [6, 6.07) is 14.0. The maximum absolute atomic E-state index is 12.7. The van der Waals surface area contributed by atoms with Crippen molar-refractivity contribution < 1.29 is 4.79 Å². The van der Waals surface area contributed by atoms with E-state index in [0.29, 0.717) is 12.2 Å². The van der Waals surface area contributed by atoms with Gasteiger partial charge in [-0.25, -0.2) is 0 Å². The van der Waals surface area contributed by atoms with Gasteiger partial charge in [-0.15, -0.1) is 10.2 Å². The molecule has 0 unspecified atom stereocenters. The first kappa shape index (κ1) is 20.4. The summed E-state index contributed by atoms with van der Waals surface area (Å²) in [5.41, 5.74) is 1.77. The fourth-order valence-electron chi connectivity index (χ4n) is 3.67. The van der Waals surface area contributed by atoms with Gasteiger partial charge in [0.15, 0.2) is 0 Å². The van der Waals surface area contributed by atoms with Crippen molar-refractivity contribution in [3.8, 4) is 5.13 Å². The molecule has 0 spiro atoms. The summed E-state index contributed by atoms with van der Waals surface area (Å²) >= 11 is 1.54. The molecule has 1 N–H and O–H groups in total. The van der Waals surface area contributed by atoms with Gasteiger partial charge in [-0.1, -0.05) is 29.5 Å². The monoisotopic (exact) mass is 424 g/mol. The molecule has 0 atom stereocenters. The van der Waals surface area contributed by atoms with Crippen LogP contribution in [0.5, 0.6) is 0 Å². The van der Waals surface area contributed by atoms with Crippen LogP contribution in [-0.4, -0.2) is 53.9 Å². The zero-order chi connectivity index (χ0) is 20.8. The predicted octanol–water partition coefficient (Wildman–Crippen LogP) is 3.58. The molecule has 8 heteroatoms. The summed E-state index contributed by atoms with van der Waals surface area (Å²) < 4.78 is 1.83. The Morgan fingerprint density at radius 1 is 1.07 bits per heavy atom. The van der Waals surface area contributed by atoms with E-state index in [4.69, 9.17) is 0 Å². The molecule has 3 heterocycles. The van der Waals surface area contributed by atoms with E-state index in [1.807, 2.05) is 41.1 Å². The minimum Gasteiger partial charge on any atom is -0.375 e. The minimum absolute atomic E-state index is 0.0860.